The van der Waals surface area contributed by atoms with Crippen molar-refractivity contribution in [1.29, 1.82) is 0 Å². The Morgan fingerprint density at radius 2 is 1.31 bits per heavy atom. The van der Waals surface area contributed by atoms with Crippen molar-refractivity contribution in [2.45, 2.75) is 25.7 Å². The number of benzene rings is 2. The Kier molecular flexibility index (Phi) is 8.13. The number of ketones is 1. The summed E-state index contributed by atoms with van der Waals surface area (Å²) >= 11 is 0. The Morgan fingerprint density at radius 3 is 1.86 bits per heavy atom. The first-order valence-corrected chi connectivity index (χ1v) is 9.17. The van der Waals surface area contributed by atoms with E-state index in [-0.39, 0.29) is 5.56 Å². The van der Waals surface area contributed by atoms with Crippen LogP contribution in [0.2, 0.25) is 0 Å². The molecule has 0 atom stereocenters. The van der Waals surface area contributed by atoms with E-state index in [0.29, 0.717) is 12.4 Å². The van der Waals surface area contributed by atoms with Crippen LogP contribution >= 0.6 is 0 Å². The van der Waals surface area contributed by atoms with Crippen molar-refractivity contribution in [3.05, 3.63) is 64.5 Å². The normalized spacial score (nSPS) is 11.2. The average Bonchev–Trinajstić information content (AvgIpc) is 2.70. The lowest BCUT2D eigenvalue weighted by molar-refractivity contribution is 0.102. The second kappa shape index (κ2) is 10.3. The molecule has 0 saturated heterocycles. The van der Waals surface area contributed by atoms with E-state index in [9.17, 15) is 26.7 Å². The summed E-state index contributed by atoms with van der Waals surface area (Å²) in [6, 6.07) is 5.25. The lowest BCUT2D eigenvalue weighted by Gasteiger charge is -2.10. The lowest BCUT2D eigenvalue weighted by Crippen LogP contribution is -2.13. The summed E-state index contributed by atoms with van der Waals surface area (Å²) in [5.41, 5.74) is -1.70. The van der Waals surface area contributed by atoms with Crippen LogP contribution in [0.4, 0.5) is 22.0 Å². The molecule has 8 heteroatoms. The maximum Gasteiger partial charge on any atom is 0.200 e. The molecule has 0 spiro atoms. The van der Waals surface area contributed by atoms with E-state index in [4.69, 9.17) is 4.74 Å². The van der Waals surface area contributed by atoms with Gasteiger partial charge in [0.1, 0.15) is 11.3 Å². The Labute approximate surface area is 166 Å². The monoisotopic (exact) mass is 415 g/mol. The van der Waals surface area contributed by atoms with Crippen LogP contribution in [-0.4, -0.2) is 37.9 Å². The van der Waals surface area contributed by atoms with Gasteiger partial charge in [0.05, 0.1) is 6.61 Å². The van der Waals surface area contributed by atoms with Gasteiger partial charge >= 0.3 is 0 Å². The van der Waals surface area contributed by atoms with Crippen molar-refractivity contribution < 1.29 is 31.5 Å². The first kappa shape index (κ1) is 22.8. The van der Waals surface area contributed by atoms with Gasteiger partial charge in [-0.05, 0) is 57.7 Å². The molecule has 0 fully saturated rings. The highest BCUT2D eigenvalue weighted by Gasteiger charge is 2.30. The molecule has 0 aliphatic carbocycles. The van der Waals surface area contributed by atoms with E-state index < -0.39 is 40.4 Å². The van der Waals surface area contributed by atoms with Crippen LogP contribution in [0.15, 0.2) is 24.3 Å². The van der Waals surface area contributed by atoms with E-state index in [1.807, 2.05) is 14.1 Å². The predicted octanol–water partition coefficient (Wildman–Crippen LogP) is 5.11. The van der Waals surface area contributed by atoms with E-state index in [2.05, 4.69) is 4.90 Å². The zero-order valence-electron chi connectivity index (χ0n) is 16.2. The quantitative estimate of drug-likeness (QED) is 0.178. The summed E-state index contributed by atoms with van der Waals surface area (Å²) in [7, 11) is 4.03. The first-order chi connectivity index (χ1) is 13.7. The van der Waals surface area contributed by atoms with Gasteiger partial charge < -0.3 is 9.64 Å². The third-order valence-corrected chi connectivity index (χ3v) is 4.32. The van der Waals surface area contributed by atoms with Crippen molar-refractivity contribution in [3.8, 4) is 5.75 Å². The molecule has 0 aromatic heterocycles. The number of ether oxygens (including phenoxy) is 1. The second-order valence-electron chi connectivity index (χ2n) is 6.86. The SMILES string of the molecule is CN(C)CCCCCCOc1ccc(C(=O)c2c(F)c(F)c(F)c(F)c2F)cc1. The Bertz CT molecular complexity index is 824. The van der Waals surface area contributed by atoms with Crippen LogP contribution in [0.25, 0.3) is 0 Å². The van der Waals surface area contributed by atoms with Gasteiger partial charge in [0.2, 0.25) is 5.82 Å². The predicted molar refractivity (Wildman–Crippen MR) is 98.6 cm³/mol. The van der Waals surface area contributed by atoms with Crippen LogP contribution in [0.3, 0.4) is 0 Å². The molecule has 2 aromatic carbocycles. The van der Waals surface area contributed by atoms with E-state index in [1.54, 1.807) is 0 Å². The van der Waals surface area contributed by atoms with Gasteiger partial charge in [-0.3, -0.25) is 4.79 Å². The lowest BCUT2D eigenvalue weighted by atomic mass is 10.0. The van der Waals surface area contributed by atoms with Crippen molar-refractivity contribution in [2.24, 2.45) is 0 Å². The van der Waals surface area contributed by atoms with Gasteiger partial charge in [0.15, 0.2) is 29.1 Å². The molecule has 0 saturated carbocycles. The molecule has 0 aliphatic heterocycles. The van der Waals surface area contributed by atoms with Gasteiger partial charge in [-0.2, -0.15) is 0 Å². The molecule has 2 aromatic rings. The highest BCUT2D eigenvalue weighted by Crippen LogP contribution is 2.26. The third-order valence-electron chi connectivity index (χ3n) is 4.32. The maximum absolute atomic E-state index is 13.8. The minimum atomic E-state index is -2.30. The summed E-state index contributed by atoms with van der Waals surface area (Å²) in [5, 5.41) is 0. The largest absolute Gasteiger partial charge is 0.494 e. The number of unbranched alkanes of at least 4 members (excludes halogenated alkanes) is 3. The molecule has 0 N–H and O–H groups in total. The number of hydrogen-bond donors (Lipinski definition) is 0. The minimum Gasteiger partial charge on any atom is -0.494 e. The second-order valence-corrected chi connectivity index (χ2v) is 6.86. The topological polar surface area (TPSA) is 29.5 Å². The third kappa shape index (κ3) is 5.76. The molecule has 3 nitrogen and oxygen atoms in total. The number of hydrogen-bond acceptors (Lipinski definition) is 3. The van der Waals surface area contributed by atoms with Crippen molar-refractivity contribution >= 4 is 5.78 Å². The van der Waals surface area contributed by atoms with Gasteiger partial charge in [-0.25, -0.2) is 22.0 Å². The first-order valence-electron chi connectivity index (χ1n) is 9.17. The van der Waals surface area contributed by atoms with Gasteiger partial charge in [0.25, 0.3) is 0 Å². The number of halogens is 5. The van der Waals surface area contributed by atoms with Crippen molar-refractivity contribution in [2.75, 3.05) is 27.2 Å². The fourth-order valence-corrected chi connectivity index (χ4v) is 2.72. The fourth-order valence-electron chi connectivity index (χ4n) is 2.72. The van der Waals surface area contributed by atoms with E-state index >= 15 is 0 Å². The van der Waals surface area contributed by atoms with Crippen LogP contribution < -0.4 is 4.74 Å². The zero-order valence-corrected chi connectivity index (χ0v) is 16.2. The van der Waals surface area contributed by atoms with Crippen LogP contribution in [0.1, 0.15) is 41.6 Å². The Morgan fingerprint density at radius 1 is 0.793 bits per heavy atom. The van der Waals surface area contributed by atoms with Gasteiger partial charge in [-0.1, -0.05) is 12.8 Å². The number of nitrogens with zero attached hydrogens (tertiary/aromatic N) is 1. The molecule has 0 unspecified atom stereocenters. The summed E-state index contributed by atoms with van der Waals surface area (Å²) in [6.45, 7) is 1.49. The molecule has 0 radical (unpaired) electrons. The fraction of sp³-hybridized carbons (Fsp3) is 0.381. The van der Waals surface area contributed by atoms with Gasteiger partial charge in [0, 0.05) is 5.56 Å². The van der Waals surface area contributed by atoms with E-state index in [0.717, 1.165) is 32.2 Å². The van der Waals surface area contributed by atoms with E-state index in [1.165, 1.54) is 24.3 Å². The highest BCUT2D eigenvalue weighted by molar-refractivity contribution is 6.09. The maximum atomic E-state index is 13.8. The van der Waals surface area contributed by atoms with Crippen molar-refractivity contribution in [3.63, 3.8) is 0 Å². The summed E-state index contributed by atoms with van der Waals surface area (Å²) in [4.78, 5) is 14.4. The van der Waals surface area contributed by atoms with Gasteiger partial charge in [-0.15, -0.1) is 0 Å². The zero-order chi connectivity index (χ0) is 21.6. The average molecular weight is 415 g/mol. The minimum absolute atomic E-state index is 0.218. The highest BCUT2D eigenvalue weighted by atomic mass is 19.2. The molecular formula is C21H22F5NO2. The standard InChI is InChI=1S/C21H22F5NO2/c1-27(2)11-5-3-4-6-12-29-14-9-7-13(8-10-14)21(28)15-16(22)18(24)20(26)19(25)17(15)23/h7-10H,3-6,11-12H2,1-2H3. The smallest absolute Gasteiger partial charge is 0.200 e. The number of rotatable bonds is 10. The molecule has 0 bridgehead atoms. The molecule has 0 amide bonds. The van der Waals surface area contributed by atoms with Crippen LogP contribution in [0, 0.1) is 29.1 Å². The molecule has 2 rings (SSSR count). The molecule has 0 heterocycles. The Balaban J connectivity index is 1.96. The molecule has 0 aliphatic rings. The molecule has 158 valence electrons. The summed E-state index contributed by atoms with van der Waals surface area (Å²) in [6.07, 6.45) is 4.03. The van der Waals surface area contributed by atoms with Crippen LogP contribution in [-0.2, 0) is 0 Å². The van der Waals surface area contributed by atoms with Crippen LogP contribution in [0.5, 0.6) is 5.75 Å². The number of carbonyl (C=O) groups excluding carboxylic acids is 1. The molecular weight excluding hydrogens is 393 g/mol. The number of carbonyl (C=O) groups is 1. The summed E-state index contributed by atoms with van der Waals surface area (Å²) in [5.74, 6) is -11.8. The summed E-state index contributed by atoms with van der Waals surface area (Å²) < 4.78 is 72.8. The molecule has 29 heavy (non-hydrogen) atoms. The van der Waals surface area contributed by atoms with Crippen molar-refractivity contribution in [1.82, 2.24) is 4.90 Å². The Hall–Kier alpha value is -2.48.